The third-order valence-electron chi connectivity index (χ3n) is 2.79. The Morgan fingerprint density at radius 2 is 2.05 bits per heavy atom. The molecule has 2 rings (SSSR count). The second kappa shape index (κ2) is 5.43. The Morgan fingerprint density at radius 3 is 2.65 bits per heavy atom. The molecule has 20 heavy (non-hydrogen) atoms. The summed E-state index contributed by atoms with van der Waals surface area (Å²) in [5.41, 5.74) is 7.30. The summed E-state index contributed by atoms with van der Waals surface area (Å²) in [7, 11) is 1.27. The number of methoxy groups -OCH3 is 1. The predicted molar refractivity (Wildman–Crippen MR) is 73.5 cm³/mol. The first-order chi connectivity index (χ1) is 9.54. The highest BCUT2D eigenvalue weighted by Crippen LogP contribution is 2.19. The smallest absolute Gasteiger partial charge is 0.339 e. The van der Waals surface area contributed by atoms with Crippen LogP contribution in [0.15, 0.2) is 24.3 Å². The number of nitrogens with zero attached hydrogens (tertiary/aromatic N) is 1. The van der Waals surface area contributed by atoms with Crippen molar-refractivity contribution in [2.45, 2.75) is 6.92 Å². The third kappa shape index (κ3) is 2.46. The van der Waals surface area contributed by atoms with Crippen LogP contribution in [-0.4, -0.2) is 29.2 Å². The van der Waals surface area contributed by atoms with Crippen molar-refractivity contribution in [1.29, 1.82) is 0 Å². The van der Waals surface area contributed by atoms with E-state index in [4.69, 9.17) is 5.73 Å². The molecule has 1 aromatic heterocycles. The molecule has 1 aromatic carbocycles. The van der Waals surface area contributed by atoms with Gasteiger partial charge >= 0.3 is 5.97 Å². The number of H-pyrrole nitrogens is 1. The standard InChI is InChI=1S/C13H14N4O3/c1-7-10(14)11(17-16-7)12(18)15-9-6-4-3-5-8(9)13(19)20-2/h3-6H,14H2,1-2H3,(H,15,18)(H,16,17). The van der Waals surface area contributed by atoms with Gasteiger partial charge in [-0.2, -0.15) is 5.10 Å². The summed E-state index contributed by atoms with van der Waals surface area (Å²) in [6.07, 6.45) is 0. The lowest BCUT2D eigenvalue weighted by Gasteiger charge is -2.08. The van der Waals surface area contributed by atoms with Crippen LogP contribution in [0.1, 0.15) is 26.5 Å². The molecule has 2 aromatic rings. The van der Waals surface area contributed by atoms with Crippen LogP contribution in [0.25, 0.3) is 0 Å². The van der Waals surface area contributed by atoms with E-state index in [1.54, 1.807) is 31.2 Å². The van der Waals surface area contributed by atoms with E-state index in [-0.39, 0.29) is 16.9 Å². The molecule has 0 atom stereocenters. The van der Waals surface area contributed by atoms with E-state index in [1.807, 2.05) is 0 Å². The maximum atomic E-state index is 12.1. The minimum absolute atomic E-state index is 0.0853. The maximum Gasteiger partial charge on any atom is 0.339 e. The number of amides is 1. The number of rotatable bonds is 3. The minimum atomic E-state index is -0.535. The summed E-state index contributed by atoms with van der Waals surface area (Å²) in [5, 5.41) is 9.05. The van der Waals surface area contributed by atoms with E-state index < -0.39 is 11.9 Å². The summed E-state index contributed by atoms with van der Waals surface area (Å²) in [6.45, 7) is 1.71. The number of benzene rings is 1. The Bertz CT molecular complexity index is 663. The number of nitrogens with two attached hydrogens (primary N) is 1. The molecule has 0 saturated carbocycles. The number of aromatic nitrogens is 2. The molecule has 0 radical (unpaired) electrons. The monoisotopic (exact) mass is 274 g/mol. The number of anilines is 2. The highest BCUT2D eigenvalue weighted by molar-refractivity contribution is 6.09. The van der Waals surface area contributed by atoms with Crippen LogP contribution in [0, 0.1) is 6.92 Å². The van der Waals surface area contributed by atoms with Gasteiger partial charge in [-0.3, -0.25) is 9.89 Å². The molecular weight excluding hydrogens is 260 g/mol. The van der Waals surface area contributed by atoms with Crippen molar-refractivity contribution < 1.29 is 14.3 Å². The lowest BCUT2D eigenvalue weighted by molar-refractivity contribution is 0.0602. The zero-order valence-electron chi connectivity index (χ0n) is 11.1. The van der Waals surface area contributed by atoms with Gasteiger partial charge in [0.05, 0.1) is 29.7 Å². The fourth-order valence-electron chi connectivity index (χ4n) is 1.67. The average Bonchev–Trinajstić information content (AvgIpc) is 2.79. The highest BCUT2D eigenvalue weighted by Gasteiger charge is 2.18. The Labute approximate surface area is 115 Å². The van der Waals surface area contributed by atoms with Crippen LogP contribution >= 0.6 is 0 Å². The van der Waals surface area contributed by atoms with Gasteiger partial charge in [-0.05, 0) is 19.1 Å². The molecule has 4 N–H and O–H groups in total. The fourth-order valence-corrected chi connectivity index (χ4v) is 1.67. The van der Waals surface area contributed by atoms with E-state index in [0.29, 0.717) is 11.4 Å². The quantitative estimate of drug-likeness (QED) is 0.731. The maximum absolute atomic E-state index is 12.1. The van der Waals surface area contributed by atoms with Crippen molar-refractivity contribution in [3.63, 3.8) is 0 Å². The summed E-state index contributed by atoms with van der Waals surface area (Å²) in [6, 6.07) is 6.52. The predicted octanol–water partition coefficient (Wildman–Crippen LogP) is 1.34. The van der Waals surface area contributed by atoms with Crippen LogP contribution in [-0.2, 0) is 4.74 Å². The molecule has 104 valence electrons. The number of nitrogen functional groups attached to an aromatic ring is 1. The summed E-state index contributed by atoms with van der Waals surface area (Å²) >= 11 is 0. The number of aryl methyl sites for hydroxylation is 1. The first kappa shape index (κ1) is 13.6. The number of nitrogens with one attached hydrogen (secondary N) is 2. The molecule has 0 unspecified atom stereocenters. The van der Waals surface area contributed by atoms with Crippen LogP contribution in [0.5, 0.6) is 0 Å². The van der Waals surface area contributed by atoms with Crippen molar-refractivity contribution in [2.75, 3.05) is 18.2 Å². The molecule has 1 heterocycles. The van der Waals surface area contributed by atoms with Crippen molar-refractivity contribution >= 4 is 23.3 Å². The molecule has 0 aliphatic carbocycles. The largest absolute Gasteiger partial charge is 0.465 e. The van der Waals surface area contributed by atoms with Gasteiger partial charge in [0.15, 0.2) is 5.69 Å². The molecule has 7 heteroatoms. The van der Waals surface area contributed by atoms with Gasteiger partial charge in [0.1, 0.15) is 0 Å². The molecule has 1 amide bonds. The molecule has 0 spiro atoms. The average molecular weight is 274 g/mol. The number of hydrogen-bond acceptors (Lipinski definition) is 5. The van der Waals surface area contributed by atoms with Gasteiger partial charge < -0.3 is 15.8 Å². The van der Waals surface area contributed by atoms with Gasteiger partial charge in [-0.15, -0.1) is 0 Å². The van der Waals surface area contributed by atoms with E-state index >= 15 is 0 Å². The fraction of sp³-hybridized carbons (Fsp3) is 0.154. The molecular formula is C13H14N4O3. The van der Waals surface area contributed by atoms with Crippen LogP contribution in [0.4, 0.5) is 11.4 Å². The molecule has 0 fully saturated rings. The van der Waals surface area contributed by atoms with Gasteiger partial charge in [0.2, 0.25) is 0 Å². The van der Waals surface area contributed by atoms with E-state index in [1.165, 1.54) is 7.11 Å². The number of aromatic amines is 1. The molecule has 0 aliphatic heterocycles. The van der Waals surface area contributed by atoms with Gasteiger partial charge in [0.25, 0.3) is 5.91 Å². The Morgan fingerprint density at radius 1 is 1.35 bits per heavy atom. The zero-order chi connectivity index (χ0) is 14.7. The molecule has 0 saturated heterocycles. The van der Waals surface area contributed by atoms with Crippen LogP contribution in [0.3, 0.4) is 0 Å². The third-order valence-corrected chi connectivity index (χ3v) is 2.79. The highest BCUT2D eigenvalue weighted by atomic mass is 16.5. The Balaban J connectivity index is 2.29. The number of esters is 1. The van der Waals surface area contributed by atoms with Gasteiger partial charge in [-0.25, -0.2) is 4.79 Å². The first-order valence-corrected chi connectivity index (χ1v) is 5.83. The zero-order valence-corrected chi connectivity index (χ0v) is 11.1. The molecule has 0 bridgehead atoms. The number of hydrogen-bond donors (Lipinski definition) is 3. The summed E-state index contributed by atoms with van der Waals surface area (Å²) < 4.78 is 4.66. The normalized spacial score (nSPS) is 10.1. The topological polar surface area (TPSA) is 110 Å². The van der Waals surface area contributed by atoms with Crippen LogP contribution in [0.2, 0.25) is 0 Å². The second-order valence-electron chi connectivity index (χ2n) is 4.10. The van der Waals surface area contributed by atoms with Crippen molar-refractivity contribution in [2.24, 2.45) is 0 Å². The number of carbonyl (C=O) groups excluding carboxylic acids is 2. The number of ether oxygens (including phenoxy) is 1. The van der Waals surface area contributed by atoms with Crippen molar-refractivity contribution in [3.05, 3.63) is 41.2 Å². The first-order valence-electron chi connectivity index (χ1n) is 5.83. The number of carbonyl (C=O) groups is 2. The van der Waals surface area contributed by atoms with E-state index in [2.05, 4.69) is 20.3 Å². The minimum Gasteiger partial charge on any atom is -0.465 e. The summed E-state index contributed by atoms with van der Waals surface area (Å²) in [5.74, 6) is -1.03. The van der Waals surface area contributed by atoms with E-state index in [9.17, 15) is 9.59 Å². The lowest BCUT2D eigenvalue weighted by atomic mass is 10.1. The van der Waals surface area contributed by atoms with E-state index in [0.717, 1.165) is 0 Å². The van der Waals surface area contributed by atoms with Crippen LogP contribution < -0.4 is 11.1 Å². The van der Waals surface area contributed by atoms with Crippen molar-refractivity contribution in [1.82, 2.24) is 10.2 Å². The number of para-hydroxylation sites is 1. The van der Waals surface area contributed by atoms with Gasteiger partial charge in [-0.1, -0.05) is 12.1 Å². The second-order valence-corrected chi connectivity index (χ2v) is 4.10. The summed E-state index contributed by atoms with van der Waals surface area (Å²) in [4.78, 5) is 23.7. The molecule has 7 nitrogen and oxygen atoms in total. The SMILES string of the molecule is COC(=O)c1ccccc1NC(=O)c1n[nH]c(C)c1N. The Kier molecular flexibility index (Phi) is 3.69. The Hall–Kier alpha value is -2.83. The molecule has 0 aliphatic rings. The lowest BCUT2D eigenvalue weighted by Crippen LogP contribution is -2.17. The van der Waals surface area contributed by atoms with Crippen molar-refractivity contribution in [3.8, 4) is 0 Å². The van der Waals surface area contributed by atoms with Gasteiger partial charge in [0, 0.05) is 0 Å².